The minimum atomic E-state index is -4.42. The molecule has 0 spiro atoms. The van der Waals surface area contributed by atoms with E-state index in [9.17, 15) is 22.8 Å². The molecule has 3 aliphatic rings. The second-order valence-electron chi connectivity index (χ2n) is 11.2. The van der Waals surface area contributed by atoms with Crippen molar-refractivity contribution in [3.63, 3.8) is 0 Å². The van der Waals surface area contributed by atoms with Crippen molar-refractivity contribution in [3.8, 4) is 17.2 Å². The summed E-state index contributed by atoms with van der Waals surface area (Å²) >= 11 is 1.49. The SMILES string of the molecule is COc1ccc(CN2CCN(C(=O)CN3C(=O)/C(=C/c4ccc(C(F)(F)F)cc4)SC4CCCCC43)CC2)c(OC)c1OC. The number of halogens is 3. The van der Waals surface area contributed by atoms with Gasteiger partial charge in [-0.05, 0) is 42.7 Å². The summed E-state index contributed by atoms with van der Waals surface area (Å²) in [5.41, 5.74) is 0.749. The van der Waals surface area contributed by atoms with E-state index in [2.05, 4.69) is 4.90 Å². The van der Waals surface area contributed by atoms with Gasteiger partial charge in [0.05, 0.1) is 31.8 Å². The molecule has 2 aliphatic heterocycles. The van der Waals surface area contributed by atoms with Crippen molar-refractivity contribution in [2.75, 3.05) is 54.1 Å². The van der Waals surface area contributed by atoms with Crippen molar-refractivity contribution < 1.29 is 37.0 Å². The van der Waals surface area contributed by atoms with Crippen LogP contribution in [-0.2, 0) is 22.3 Å². The smallest absolute Gasteiger partial charge is 0.416 e. The van der Waals surface area contributed by atoms with E-state index in [-0.39, 0.29) is 29.7 Å². The summed E-state index contributed by atoms with van der Waals surface area (Å²) in [5, 5.41) is 0.156. The lowest BCUT2D eigenvalue weighted by atomic mass is 9.93. The van der Waals surface area contributed by atoms with Gasteiger partial charge in [0.15, 0.2) is 11.5 Å². The average molecular weight is 634 g/mol. The summed E-state index contributed by atoms with van der Waals surface area (Å²) in [6.07, 6.45) is 1.04. The van der Waals surface area contributed by atoms with Gasteiger partial charge in [-0.1, -0.05) is 31.0 Å². The predicted octanol–water partition coefficient (Wildman–Crippen LogP) is 5.30. The van der Waals surface area contributed by atoms with Crippen LogP contribution >= 0.6 is 11.8 Å². The molecule has 0 aromatic heterocycles. The van der Waals surface area contributed by atoms with E-state index < -0.39 is 11.7 Å². The molecule has 0 N–H and O–H groups in total. The topological polar surface area (TPSA) is 71.6 Å². The van der Waals surface area contributed by atoms with Gasteiger partial charge >= 0.3 is 6.18 Å². The zero-order valence-corrected chi connectivity index (χ0v) is 26.0. The minimum absolute atomic E-state index is 0.00554. The second-order valence-corrected chi connectivity index (χ2v) is 12.5. The van der Waals surface area contributed by atoms with E-state index in [0.29, 0.717) is 60.4 Å². The Labute approximate surface area is 260 Å². The number of amides is 2. The highest BCUT2D eigenvalue weighted by molar-refractivity contribution is 8.04. The maximum Gasteiger partial charge on any atom is 0.416 e. The fourth-order valence-electron chi connectivity index (χ4n) is 6.21. The minimum Gasteiger partial charge on any atom is -0.493 e. The summed E-state index contributed by atoms with van der Waals surface area (Å²) in [6.45, 7) is 3.02. The highest BCUT2D eigenvalue weighted by Crippen LogP contribution is 2.43. The molecule has 5 rings (SSSR count). The van der Waals surface area contributed by atoms with Crippen LogP contribution in [0, 0.1) is 0 Å². The maximum absolute atomic E-state index is 13.7. The highest BCUT2D eigenvalue weighted by atomic mass is 32.2. The first kappa shape index (κ1) is 32.0. The largest absolute Gasteiger partial charge is 0.493 e. The average Bonchev–Trinajstić information content (AvgIpc) is 3.02. The lowest BCUT2D eigenvalue weighted by Gasteiger charge is -2.44. The third kappa shape index (κ3) is 6.96. The van der Waals surface area contributed by atoms with Crippen LogP contribution in [0.15, 0.2) is 41.3 Å². The van der Waals surface area contributed by atoms with Crippen molar-refractivity contribution in [1.82, 2.24) is 14.7 Å². The molecule has 1 aliphatic carbocycles. The number of nitrogens with zero attached hydrogens (tertiary/aromatic N) is 3. The summed E-state index contributed by atoms with van der Waals surface area (Å²) in [7, 11) is 4.75. The highest BCUT2D eigenvalue weighted by Gasteiger charge is 2.42. The van der Waals surface area contributed by atoms with Crippen molar-refractivity contribution in [1.29, 1.82) is 0 Å². The number of rotatable bonds is 8. The molecule has 3 fully saturated rings. The molecule has 2 unspecified atom stereocenters. The first-order valence-corrected chi connectivity index (χ1v) is 15.7. The first-order valence-electron chi connectivity index (χ1n) is 14.8. The Morgan fingerprint density at radius 3 is 2.25 bits per heavy atom. The van der Waals surface area contributed by atoms with Gasteiger partial charge < -0.3 is 24.0 Å². The van der Waals surface area contributed by atoms with Crippen LogP contribution < -0.4 is 14.2 Å². The molecule has 2 aromatic carbocycles. The summed E-state index contributed by atoms with van der Waals surface area (Å²) in [5.74, 6) is 1.43. The molecule has 44 heavy (non-hydrogen) atoms. The van der Waals surface area contributed by atoms with Crippen LogP contribution in [0.25, 0.3) is 6.08 Å². The Kier molecular flexibility index (Phi) is 9.99. The van der Waals surface area contributed by atoms with Gasteiger partial charge in [-0.25, -0.2) is 0 Å². The fourth-order valence-corrected chi connectivity index (χ4v) is 7.68. The van der Waals surface area contributed by atoms with Crippen LogP contribution in [0.2, 0.25) is 0 Å². The van der Waals surface area contributed by atoms with Crippen LogP contribution in [0.5, 0.6) is 17.2 Å². The van der Waals surface area contributed by atoms with E-state index in [1.807, 2.05) is 17.0 Å². The molecule has 1 saturated carbocycles. The Morgan fingerprint density at radius 1 is 0.932 bits per heavy atom. The van der Waals surface area contributed by atoms with Gasteiger partial charge in [0.2, 0.25) is 11.7 Å². The van der Waals surface area contributed by atoms with Gasteiger partial charge in [-0.2, -0.15) is 13.2 Å². The number of carbonyl (C=O) groups is 2. The van der Waals surface area contributed by atoms with E-state index >= 15 is 0 Å². The monoisotopic (exact) mass is 633 g/mol. The number of piperazine rings is 1. The summed E-state index contributed by atoms with van der Waals surface area (Å²) in [6, 6.07) is 8.57. The molecule has 2 saturated heterocycles. The summed E-state index contributed by atoms with van der Waals surface area (Å²) < 4.78 is 55.6. The van der Waals surface area contributed by atoms with Gasteiger partial charge in [0.25, 0.3) is 5.91 Å². The lowest BCUT2D eigenvalue weighted by molar-refractivity contribution is -0.141. The molecule has 2 amide bonds. The Hall–Kier alpha value is -3.38. The third-order valence-electron chi connectivity index (χ3n) is 8.56. The first-order chi connectivity index (χ1) is 21.1. The number of methoxy groups -OCH3 is 3. The Balaban J connectivity index is 1.24. The van der Waals surface area contributed by atoms with Gasteiger partial charge in [-0.15, -0.1) is 11.8 Å². The number of hydrogen-bond donors (Lipinski definition) is 0. The third-order valence-corrected chi connectivity index (χ3v) is 9.96. The number of hydrogen-bond acceptors (Lipinski definition) is 7. The Morgan fingerprint density at radius 2 is 1.61 bits per heavy atom. The van der Waals surface area contributed by atoms with E-state index in [1.54, 1.807) is 32.3 Å². The normalized spacial score (nSPS) is 22.1. The fraction of sp³-hybridized carbons (Fsp3) is 0.500. The van der Waals surface area contributed by atoms with Crippen molar-refractivity contribution >= 4 is 29.7 Å². The molecule has 0 radical (unpaired) electrons. The molecule has 12 heteroatoms. The number of ether oxygens (including phenoxy) is 3. The van der Waals surface area contributed by atoms with Gasteiger partial charge in [0, 0.05) is 49.6 Å². The number of fused-ring (bicyclic) bond motifs is 1. The molecule has 2 aromatic rings. The molecule has 2 atom stereocenters. The van der Waals surface area contributed by atoms with Gasteiger partial charge in [0.1, 0.15) is 6.54 Å². The van der Waals surface area contributed by atoms with Gasteiger partial charge in [-0.3, -0.25) is 14.5 Å². The zero-order valence-electron chi connectivity index (χ0n) is 25.2. The number of thioether (sulfide) groups is 1. The van der Waals surface area contributed by atoms with Crippen molar-refractivity contribution in [2.45, 2.75) is 49.7 Å². The second kappa shape index (κ2) is 13.7. The number of alkyl halides is 3. The molecule has 0 bridgehead atoms. The maximum atomic E-state index is 13.7. The number of benzene rings is 2. The quantitative estimate of drug-likeness (QED) is 0.366. The predicted molar refractivity (Wildman–Crippen MR) is 163 cm³/mol. The molecular weight excluding hydrogens is 595 g/mol. The lowest BCUT2D eigenvalue weighted by Crippen LogP contribution is -2.56. The van der Waals surface area contributed by atoms with Crippen LogP contribution in [-0.4, -0.2) is 91.9 Å². The standard InChI is InChI=1S/C32H38F3N3O5S/c1-41-25-13-10-22(29(42-2)30(25)43-3)19-36-14-16-37(17-15-36)28(39)20-38-24-6-4-5-7-26(24)44-27(31(38)40)18-21-8-11-23(12-9-21)32(33,34)35/h8-13,18,24,26H,4-7,14-17,19-20H2,1-3H3/b27-18-. The number of carbonyl (C=O) groups excluding carboxylic acids is 2. The van der Waals surface area contributed by atoms with Crippen molar-refractivity contribution in [2.24, 2.45) is 0 Å². The summed E-state index contributed by atoms with van der Waals surface area (Å²) in [4.78, 5) is 33.5. The molecule has 238 valence electrons. The van der Waals surface area contributed by atoms with E-state index in [1.165, 1.54) is 23.9 Å². The molecule has 2 heterocycles. The van der Waals surface area contributed by atoms with Crippen LogP contribution in [0.4, 0.5) is 13.2 Å². The van der Waals surface area contributed by atoms with Crippen LogP contribution in [0.3, 0.4) is 0 Å². The Bertz CT molecular complexity index is 1380. The zero-order chi connectivity index (χ0) is 31.4. The van der Waals surface area contributed by atoms with Crippen LogP contribution in [0.1, 0.15) is 42.4 Å². The molecular formula is C32H38F3N3O5S. The van der Waals surface area contributed by atoms with E-state index in [0.717, 1.165) is 43.4 Å². The molecule has 8 nitrogen and oxygen atoms in total. The van der Waals surface area contributed by atoms with Crippen molar-refractivity contribution in [3.05, 3.63) is 58.0 Å². The van der Waals surface area contributed by atoms with E-state index in [4.69, 9.17) is 14.2 Å².